The van der Waals surface area contributed by atoms with Crippen LogP contribution in [0.5, 0.6) is 0 Å². The van der Waals surface area contributed by atoms with Gasteiger partial charge in [0.1, 0.15) is 5.82 Å². The third-order valence-corrected chi connectivity index (χ3v) is 3.95. The summed E-state index contributed by atoms with van der Waals surface area (Å²) in [5, 5.41) is 3.48. The van der Waals surface area contributed by atoms with Crippen LogP contribution in [0.3, 0.4) is 0 Å². The summed E-state index contributed by atoms with van der Waals surface area (Å²) < 4.78 is 13.1. The first-order chi connectivity index (χ1) is 9.16. The smallest absolute Gasteiger partial charge is 0.123 e. The van der Waals surface area contributed by atoms with Crippen molar-refractivity contribution in [1.82, 2.24) is 10.2 Å². The van der Waals surface area contributed by atoms with E-state index in [9.17, 15) is 4.39 Å². The van der Waals surface area contributed by atoms with Crippen molar-refractivity contribution in [3.8, 4) is 0 Å². The predicted octanol–water partition coefficient (Wildman–Crippen LogP) is 3.04. The minimum Gasteiger partial charge on any atom is -0.311 e. The van der Waals surface area contributed by atoms with Crippen molar-refractivity contribution < 1.29 is 4.39 Å². The number of rotatable bonds is 6. The van der Waals surface area contributed by atoms with Crippen LogP contribution in [0.2, 0.25) is 0 Å². The third-order valence-electron chi connectivity index (χ3n) is 3.95. The molecule has 1 fully saturated rings. The topological polar surface area (TPSA) is 15.3 Å². The maximum atomic E-state index is 13.1. The third kappa shape index (κ3) is 4.29. The standard InChI is InChI=1S/C16H25FN2/c1-13(2)16(19-8-3-4-9-19)12-18-11-14-6-5-7-15(17)10-14/h5-7,10,13,16,18H,3-4,8-9,11-12H2,1-2H3. The summed E-state index contributed by atoms with van der Waals surface area (Å²) in [4.78, 5) is 2.59. The number of hydrogen-bond acceptors (Lipinski definition) is 2. The molecular weight excluding hydrogens is 239 g/mol. The van der Waals surface area contributed by atoms with E-state index in [0.29, 0.717) is 12.0 Å². The lowest BCUT2D eigenvalue weighted by Crippen LogP contribution is -2.44. The van der Waals surface area contributed by atoms with E-state index in [1.807, 2.05) is 6.07 Å². The van der Waals surface area contributed by atoms with Gasteiger partial charge in [0.05, 0.1) is 0 Å². The molecule has 106 valence electrons. The van der Waals surface area contributed by atoms with Gasteiger partial charge in [-0.05, 0) is 49.5 Å². The molecule has 1 aliphatic rings. The van der Waals surface area contributed by atoms with Gasteiger partial charge in [0, 0.05) is 19.1 Å². The quantitative estimate of drug-likeness (QED) is 0.849. The highest BCUT2D eigenvalue weighted by atomic mass is 19.1. The van der Waals surface area contributed by atoms with Crippen LogP contribution in [-0.2, 0) is 6.54 Å². The van der Waals surface area contributed by atoms with Gasteiger partial charge < -0.3 is 5.32 Å². The number of benzene rings is 1. The molecule has 1 atom stereocenters. The van der Waals surface area contributed by atoms with Gasteiger partial charge >= 0.3 is 0 Å². The summed E-state index contributed by atoms with van der Waals surface area (Å²) in [6.45, 7) is 8.75. The highest BCUT2D eigenvalue weighted by Crippen LogP contribution is 2.17. The Labute approximate surface area is 116 Å². The van der Waals surface area contributed by atoms with Crippen molar-refractivity contribution in [2.24, 2.45) is 5.92 Å². The number of hydrogen-bond donors (Lipinski definition) is 1. The van der Waals surface area contributed by atoms with Gasteiger partial charge in [-0.25, -0.2) is 4.39 Å². The molecule has 0 radical (unpaired) electrons. The summed E-state index contributed by atoms with van der Waals surface area (Å²) in [6, 6.07) is 7.43. The van der Waals surface area contributed by atoms with Gasteiger partial charge in [-0.3, -0.25) is 4.90 Å². The Hall–Kier alpha value is -0.930. The van der Waals surface area contributed by atoms with Crippen LogP contribution in [0.4, 0.5) is 4.39 Å². The van der Waals surface area contributed by atoms with E-state index in [4.69, 9.17) is 0 Å². The Balaban J connectivity index is 1.82. The van der Waals surface area contributed by atoms with Crippen LogP contribution in [-0.4, -0.2) is 30.6 Å². The Morgan fingerprint density at radius 1 is 1.26 bits per heavy atom. The first-order valence-electron chi connectivity index (χ1n) is 7.36. The molecule has 1 aromatic carbocycles. The fraction of sp³-hybridized carbons (Fsp3) is 0.625. The van der Waals surface area contributed by atoms with Crippen molar-refractivity contribution in [1.29, 1.82) is 0 Å². The molecule has 1 heterocycles. The molecule has 1 saturated heterocycles. The summed E-state index contributed by atoms with van der Waals surface area (Å²) in [5.41, 5.74) is 1.02. The van der Waals surface area contributed by atoms with E-state index in [1.165, 1.54) is 32.0 Å². The zero-order chi connectivity index (χ0) is 13.7. The molecule has 1 N–H and O–H groups in total. The highest BCUT2D eigenvalue weighted by molar-refractivity contribution is 5.15. The fourth-order valence-corrected chi connectivity index (χ4v) is 2.87. The van der Waals surface area contributed by atoms with Crippen LogP contribution in [0.15, 0.2) is 24.3 Å². The van der Waals surface area contributed by atoms with E-state index in [-0.39, 0.29) is 5.82 Å². The largest absolute Gasteiger partial charge is 0.311 e. The summed E-state index contributed by atoms with van der Waals surface area (Å²) in [6.07, 6.45) is 2.65. The van der Waals surface area contributed by atoms with Crippen LogP contribution in [0.25, 0.3) is 0 Å². The van der Waals surface area contributed by atoms with Crippen molar-refractivity contribution in [2.45, 2.75) is 39.3 Å². The van der Waals surface area contributed by atoms with Gasteiger partial charge in [-0.2, -0.15) is 0 Å². The number of nitrogens with one attached hydrogen (secondary N) is 1. The van der Waals surface area contributed by atoms with Gasteiger partial charge in [0.25, 0.3) is 0 Å². The van der Waals surface area contributed by atoms with Crippen LogP contribution in [0.1, 0.15) is 32.3 Å². The van der Waals surface area contributed by atoms with Crippen LogP contribution >= 0.6 is 0 Å². The van der Waals surface area contributed by atoms with E-state index >= 15 is 0 Å². The molecule has 2 nitrogen and oxygen atoms in total. The number of likely N-dealkylation sites (tertiary alicyclic amines) is 1. The number of nitrogens with zero attached hydrogens (tertiary/aromatic N) is 1. The second kappa shape index (κ2) is 7.01. The maximum absolute atomic E-state index is 13.1. The van der Waals surface area contributed by atoms with E-state index in [1.54, 1.807) is 12.1 Å². The normalized spacial score (nSPS) is 18.1. The number of halogens is 1. The highest BCUT2D eigenvalue weighted by Gasteiger charge is 2.23. The van der Waals surface area contributed by atoms with Crippen LogP contribution in [0, 0.1) is 11.7 Å². The molecule has 1 aliphatic heterocycles. The lowest BCUT2D eigenvalue weighted by Gasteiger charge is -2.31. The van der Waals surface area contributed by atoms with Gasteiger partial charge in [-0.1, -0.05) is 26.0 Å². The Kier molecular flexibility index (Phi) is 5.34. The zero-order valence-corrected chi connectivity index (χ0v) is 12.0. The average molecular weight is 264 g/mol. The first kappa shape index (κ1) is 14.5. The molecule has 0 aromatic heterocycles. The van der Waals surface area contributed by atoms with Gasteiger partial charge in [-0.15, -0.1) is 0 Å². The summed E-state index contributed by atoms with van der Waals surface area (Å²) >= 11 is 0. The molecule has 19 heavy (non-hydrogen) atoms. The SMILES string of the molecule is CC(C)C(CNCc1cccc(F)c1)N1CCCC1. The fourth-order valence-electron chi connectivity index (χ4n) is 2.87. The molecule has 1 unspecified atom stereocenters. The van der Waals surface area contributed by atoms with Crippen molar-refractivity contribution >= 4 is 0 Å². The lowest BCUT2D eigenvalue weighted by atomic mass is 10.0. The van der Waals surface area contributed by atoms with E-state index in [2.05, 4.69) is 24.1 Å². The molecule has 0 saturated carbocycles. The molecule has 0 spiro atoms. The van der Waals surface area contributed by atoms with Crippen molar-refractivity contribution in [2.75, 3.05) is 19.6 Å². The summed E-state index contributed by atoms with van der Waals surface area (Å²) in [5.74, 6) is 0.498. The maximum Gasteiger partial charge on any atom is 0.123 e. The second-order valence-electron chi connectivity index (χ2n) is 5.82. The predicted molar refractivity (Wildman–Crippen MR) is 77.5 cm³/mol. The molecular formula is C16H25FN2. The molecule has 2 rings (SSSR count). The Morgan fingerprint density at radius 2 is 2.00 bits per heavy atom. The van der Waals surface area contributed by atoms with Crippen molar-refractivity contribution in [3.05, 3.63) is 35.6 Å². The zero-order valence-electron chi connectivity index (χ0n) is 12.0. The van der Waals surface area contributed by atoms with Gasteiger partial charge in [0.15, 0.2) is 0 Å². The Bertz CT molecular complexity index is 386. The molecule has 3 heteroatoms. The van der Waals surface area contributed by atoms with Crippen molar-refractivity contribution in [3.63, 3.8) is 0 Å². The van der Waals surface area contributed by atoms with Crippen LogP contribution < -0.4 is 5.32 Å². The molecule has 0 bridgehead atoms. The summed E-state index contributed by atoms with van der Waals surface area (Å²) in [7, 11) is 0. The second-order valence-corrected chi connectivity index (χ2v) is 5.82. The Morgan fingerprint density at radius 3 is 2.63 bits per heavy atom. The van der Waals surface area contributed by atoms with E-state index in [0.717, 1.165) is 18.7 Å². The minimum absolute atomic E-state index is 0.153. The lowest BCUT2D eigenvalue weighted by molar-refractivity contribution is 0.186. The molecule has 0 amide bonds. The molecule has 1 aromatic rings. The molecule has 0 aliphatic carbocycles. The minimum atomic E-state index is -0.153. The first-order valence-corrected chi connectivity index (χ1v) is 7.36. The van der Waals surface area contributed by atoms with E-state index < -0.39 is 0 Å². The monoisotopic (exact) mass is 264 g/mol. The van der Waals surface area contributed by atoms with Gasteiger partial charge in [0.2, 0.25) is 0 Å². The average Bonchev–Trinajstić information content (AvgIpc) is 2.88.